The fraction of sp³-hybridized carbons (Fsp3) is 0.421. The van der Waals surface area contributed by atoms with Gasteiger partial charge in [0, 0.05) is 25.8 Å². The van der Waals surface area contributed by atoms with Crippen LogP contribution >= 0.6 is 0 Å². The lowest BCUT2D eigenvalue weighted by Crippen LogP contribution is -2.30. The normalized spacial score (nSPS) is 14.9. The van der Waals surface area contributed by atoms with Gasteiger partial charge in [0.2, 0.25) is 5.95 Å². The quantitative estimate of drug-likeness (QED) is 0.790. The molecular formula is C19H24N6. The maximum absolute atomic E-state index is 4.84. The van der Waals surface area contributed by atoms with E-state index >= 15 is 0 Å². The van der Waals surface area contributed by atoms with Crippen LogP contribution in [0.3, 0.4) is 0 Å². The van der Waals surface area contributed by atoms with Crippen molar-refractivity contribution in [3.05, 3.63) is 35.5 Å². The van der Waals surface area contributed by atoms with Crippen LogP contribution in [0, 0.1) is 13.8 Å². The molecule has 0 spiro atoms. The predicted octanol–water partition coefficient (Wildman–Crippen LogP) is 3.71. The van der Waals surface area contributed by atoms with Gasteiger partial charge in [0.15, 0.2) is 5.65 Å². The second-order valence-electron chi connectivity index (χ2n) is 6.85. The molecule has 1 fully saturated rings. The summed E-state index contributed by atoms with van der Waals surface area (Å²) in [7, 11) is 1.93. The molecule has 3 heterocycles. The van der Waals surface area contributed by atoms with Crippen LogP contribution in [-0.2, 0) is 7.05 Å². The second kappa shape index (κ2) is 6.35. The third kappa shape index (κ3) is 3.04. The van der Waals surface area contributed by atoms with Gasteiger partial charge in [0.25, 0.3) is 0 Å². The van der Waals surface area contributed by atoms with Crippen molar-refractivity contribution in [3.63, 3.8) is 0 Å². The van der Waals surface area contributed by atoms with E-state index in [2.05, 4.69) is 52.3 Å². The molecule has 130 valence electrons. The van der Waals surface area contributed by atoms with Crippen LogP contribution in [0.2, 0.25) is 0 Å². The molecule has 4 rings (SSSR count). The number of aryl methyl sites for hydroxylation is 3. The lowest BCUT2D eigenvalue weighted by molar-refractivity contribution is 0.575. The zero-order chi connectivity index (χ0) is 17.4. The largest absolute Gasteiger partial charge is 0.356 e. The smallest absolute Gasteiger partial charge is 0.231 e. The van der Waals surface area contributed by atoms with Crippen LogP contribution in [0.5, 0.6) is 0 Å². The average molecular weight is 336 g/mol. The summed E-state index contributed by atoms with van der Waals surface area (Å²) in [6.45, 7) is 6.32. The number of piperidine rings is 1. The van der Waals surface area contributed by atoms with Crippen molar-refractivity contribution in [1.29, 1.82) is 0 Å². The molecule has 2 aromatic heterocycles. The average Bonchev–Trinajstić information content (AvgIpc) is 3.00. The number of hydrogen-bond donors (Lipinski definition) is 1. The lowest BCUT2D eigenvalue weighted by Gasteiger charge is -2.28. The summed E-state index contributed by atoms with van der Waals surface area (Å²) in [5.41, 5.74) is 4.40. The zero-order valence-corrected chi connectivity index (χ0v) is 15.1. The van der Waals surface area contributed by atoms with Gasteiger partial charge in [0.05, 0.1) is 11.6 Å². The first-order valence-electron chi connectivity index (χ1n) is 8.91. The van der Waals surface area contributed by atoms with Crippen LogP contribution in [0.25, 0.3) is 11.0 Å². The van der Waals surface area contributed by atoms with E-state index in [-0.39, 0.29) is 0 Å². The van der Waals surface area contributed by atoms with Crippen molar-refractivity contribution in [1.82, 2.24) is 19.7 Å². The van der Waals surface area contributed by atoms with E-state index < -0.39 is 0 Å². The maximum atomic E-state index is 4.84. The minimum Gasteiger partial charge on any atom is -0.356 e. The summed E-state index contributed by atoms with van der Waals surface area (Å²) >= 11 is 0. The van der Waals surface area contributed by atoms with Crippen LogP contribution < -0.4 is 10.2 Å². The van der Waals surface area contributed by atoms with Gasteiger partial charge in [-0.1, -0.05) is 6.07 Å². The standard InChI is InChI=1S/C19H24N6/c1-13-7-8-15(11-14(13)2)21-19-22-17-16(12-20-24(17)3)18(23-19)25-9-5-4-6-10-25/h7-8,11-12H,4-6,9-10H2,1-3H3,(H,21,22,23). The van der Waals surface area contributed by atoms with Crippen LogP contribution in [0.15, 0.2) is 24.4 Å². The molecule has 1 aliphatic rings. The van der Waals surface area contributed by atoms with Gasteiger partial charge in [-0.15, -0.1) is 0 Å². The molecule has 0 amide bonds. The second-order valence-corrected chi connectivity index (χ2v) is 6.85. The molecule has 6 heteroatoms. The Bertz CT molecular complexity index is 908. The van der Waals surface area contributed by atoms with Crippen LogP contribution in [-0.4, -0.2) is 32.8 Å². The predicted molar refractivity (Wildman–Crippen MR) is 102 cm³/mol. The number of anilines is 3. The van der Waals surface area contributed by atoms with Gasteiger partial charge in [-0.25, -0.2) is 0 Å². The van der Waals surface area contributed by atoms with Crippen molar-refractivity contribution in [2.24, 2.45) is 7.05 Å². The van der Waals surface area contributed by atoms with E-state index in [0.29, 0.717) is 5.95 Å². The number of rotatable bonds is 3. The van der Waals surface area contributed by atoms with Crippen LogP contribution in [0.1, 0.15) is 30.4 Å². The molecule has 1 N–H and O–H groups in total. The molecule has 3 aromatic rings. The first-order valence-corrected chi connectivity index (χ1v) is 8.91. The van der Waals surface area contributed by atoms with E-state index in [4.69, 9.17) is 4.98 Å². The summed E-state index contributed by atoms with van der Waals surface area (Å²) in [5.74, 6) is 1.61. The van der Waals surface area contributed by atoms with Crippen molar-refractivity contribution in [2.45, 2.75) is 33.1 Å². The molecule has 6 nitrogen and oxygen atoms in total. The topological polar surface area (TPSA) is 58.9 Å². The highest BCUT2D eigenvalue weighted by Crippen LogP contribution is 2.28. The molecule has 0 bridgehead atoms. The Kier molecular flexibility index (Phi) is 4.03. The highest BCUT2D eigenvalue weighted by Gasteiger charge is 2.19. The van der Waals surface area contributed by atoms with E-state index in [1.165, 1.54) is 30.4 Å². The van der Waals surface area contributed by atoms with Gasteiger partial charge in [-0.3, -0.25) is 4.68 Å². The maximum Gasteiger partial charge on any atom is 0.231 e. The number of aromatic nitrogens is 4. The highest BCUT2D eigenvalue weighted by molar-refractivity contribution is 5.88. The molecule has 25 heavy (non-hydrogen) atoms. The van der Waals surface area contributed by atoms with E-state index in [1.54, 1.807) is 0 Å². The summed E-state index contributed by atoms with van der Waals surface area (Å²) in [6, 6.07) is 6.32. The summed E-state index contributed by atoms with van der Waals surface area (Å²) in [5, 5.41) is 8.78. The van der Waals surface area contributed by atoms with Crippen molar-refractivity contribution < 1.29 is 0 Å². The first-order chi connectivity index (χ1) is 12.1. The van der Waals surface area contributed by atoms with Crippen LogP contribution in [0.4, 0.5) is 17.5 Å². The SMILES string of the molecule is Cc1ccc(Nc2nc(N3CCCCC3)c3cnn(C)c3n2)cc1C. The Morgan fingerprint density at radius 2 is 1.80 bits per heavy atom. The summed E-state index contributed by atoms with van der Waals surface area (Å²) in [6.07, 6.45) is 5.60. The Balaban J connectivity index is 1.75. The molecule has 0 saturated carbocycles. The van der Waals surface area contributed by atoms with Gasteiger partial charge < -0.3 is 10.2 Å². The Morgan fingerprint density at radius 3 is 2.56 bits per heavy atom. The van der Waals surface area contributed by atoms with Gasteiger partial charge >= 0.3 is 0 Å². The number of fused-ring (bicyclic) bond motifs is 1. The number of hydrogen-bond acceptors (Lipinski definition) is 5. The summed E-state index contributed by atoms with van der Waals surface area (Å²) in [4.78, 5) is 11.9. The zero-order valence-electron chi connectivity index (χ0n) is 15.1. The molecule has 1 saturated heterocycles. The first kappa shape index (κ1) is 15.9. The molecule has 0 unspecified atom stereocenters. The number of nitrogens with one attached hydrogen (secondary N) is 1. The highest BCUT2D eigenvalue weighted by atomic mass is 15.3. The van der Waals surface area contributed by atoms with Crippen molar-refractivity contribution in [3.8, 4) is 0 Å². The Hall–Kier alpha value is -2.63. The molecule has 1 aliphatic heterocycles. The minimum absolute atomic E-state index is 0.625. The lowest BCUT2D eigenvalue weighted by atomic mass is 10.1. The van der Waals surface area contributed by atoms with Crippen molar-refractivity contribution >= 4 is 28.5 Å². The molecular weight excluding hydrogens is 312 g/mol. The third-order valence-electron chi connectivity index (χ3n) is 4.99. The Labute approximate surface area is 147 Å². The number of benzene rings is 1. The fourth-order valence-electron chi connectivity index (χ4n) is 3.36. The fourth-order valence-corrected chi connectivity index (χ4v) is 3.36. The summed E-state index contributed by atoms with van der Waals surface area (Å²) < 4.78 is 1.82. The van der Waals surface area contributed by atoms with E-state index in [0.717, 1.165) is 35.6 Å². The monoisotopic (exact) mass is 336 g/mol. The number of nitrogens with zero attached hydrogens (tertiary/aromatic N) is 5. The van der Waals surface area contributed by atoms with Gasteiger partial charge in [0.1, 0.15) is 5.82 Å². The Morgan fingerprint density at radius 1 is 1.00 bits per heavy atom. The molecule has 0 atom stereocenters. The van der Waals surface area contributed by atoms with Gasteiger partial charge in [-0.05, 0) is 56.4 Å². The van der Waals surface area contributed by atoms with E-state index in [1.807, 2.05) is 17.9 Å². The molecule has 1 aromatic carbocycles. The van der Waals surface area contributed by atoms with Gasteiger partial charge in [-0.2, -0.15) is 15.1 Å². The minimum atomic E-state index is 0.625. The molecule has 0 aliphatic carbocycles. The van der Waals surface area contributed by atoms with Crippen molar-refractivity contribution in [2.75, 3.05) is 23.3 Å². The third-order valence-corrected chi connectivity index (χ3v) is 4.99. The van der Waals surface area contributed by atoms with E-state index in [9.17, 15) is 0 Å². The molecule has 0 radical (unpaired) electrons.